The molecule has 0 amide bonds. The second-order valence-corrected chi connectivity index (χ2v) is 10.0. The zero-order chi connectivity index (χ0) is 27.9. The number of quaternary nitrogens is 1. The molecule has 0 aromatic heterocycles. The van der Waals surface area contributed by atoms with Crippen molar-refractivity contribution >= 4 is 51.5 Å². The minimum atomic E-state index is -2.04. The molecule has 0 bridgehead atoms. The number of hydrogen-bond donors (Lipinski definition) is 0. The molecule has 0 radical (unpaired) electrons. The summed E-state index contributed by atoms with van der Waals surface area (Å²) in [5, 5.41) is 34.3. The van der Waals surface area contributed by atoms with Crippen molar-refractivity contribution in [3.8, 4) is 0 Å². The summed E-state index contributed by atoms with van der Waals surface area (Å²) in [5.41, 5.74) is 4.91. The fraction of sp³-hybridized carbons (Fsp3) is 0.0714. The summed E-state index contributed by atoms with van der Waals surface area (Å²) in [6.45, 7) is 0. The summed E-state index contributed by atoms with van der Waals surface area (Å²) in [7, 11) is 4.08. The van der Waals surface area contributed by atoms with Crippen molar-refractivity contribution in [2.45, 2.75) is 0 Å². The normalized spacial score (nSPS) is 15.1. The van der Waals surface area contributed by atoms with Gasteiger partial charge < -0.3 is 4.39 Å². The van der Waals surface area contributed by atoms with Crippen molar-refractivity contribution in [1.29, 1.82) is 0 Å². The molecule has 0 unspecified atom stereocenters. The largest absolute Gasteiger partial charge is 0.474 e. The van der Waals surface area contributed by atoms with Gasteiger partial charge >= 0.3 is 0 Å². The van der Waals surface area contributed by atoms with Crippen LogP contribution >= 0.6 is 0 Å². The molecule has 39 heavy (non-hydrogen) atoms. The number of hydrogen-bond acceptors (Lipinski definition) is 6. The van der Waals surface area contributed by atoms with Gasteiger partial charge in [-0.25, -0.2) is 0 Å². The van der Waals surface area contributed by atoms with Crippen molar-refractivity contribution in [2.75, 3.05) is 14.1 Å². The molecular weight excluding hydrogens is 499 g/mol. The van der Waals surface area contributed by atoms with E-state index in [-0.39, 0.29) is 21.5 Å². The standard InChI is InChI=1S/C28H23BN4O6/c1-33(2)28-6-4-3-5-21(28)19-27(20-7-13-24(14-8-20)30(34)35)29(33,22-9-15-25(16-10-22)31(36)37)23-11-17-26(18-12-23)32(38)39/h3-19H,1-2H3. The Kier molecular flexibility index (Phi) is 6.08. The van der Waals surface area contributed by atoms with E-state index >= 15 is 0 Å². The lowest BCUT2D eigenvalue weighted by atomic mass is 9.20. The van der Waals surface area contributed by atoms with E-state index in [0.717, 1.165) is 33.2 Å². The van der Waals surface area contributed by atoms with E-state index in [9.17, 15) is 30.3 Å². The van der Waals surface area contributed by atoms with Crippen LogP contribution in [-0.2, 0) is 0 Å². The number of benzene rings is 4. The van der Waals surface area contributed by atoms with Crippen LogP contribution in [0, 0.1) is 30.3 Å². The minimum Gasteiger partial charge on any atom is -0.474 e. The first kappa shape index (κ1) is 25.5. The zero-order valence-electron chi connectivity index (χ0n) is 21.1. The van der Waals surface area contributed by atoms with Crippen LogP contribution in [0.3, 0.4) is 0 Å². The van der Waals surface area contributed by atoms with Gasteiger partial charge in [0.1, 0.15) is 0 Å². The summed E-state index contributed by atoms with van der Waals surface area (Å²) < 4.78 is 0.286. The molecule has 1 heterocycles. The Morgan fingerprint density at radius 3 is 1.44 bits per heavy atom. The van der Waals surface area contributed by atoms with E-state index in [0.29, 0.717) is 0 Å². The molecule has 0 saturated heterocycles. The molecule has 0 atom stereocenters. The Bertz CT molecular complexity index is 1590. The molecule has 194 valence electrons. The predicted octanol–water partition coefficient (Wildman–Crippen LogP) is 4.83. The summed E-state index contributed by atoms with van der Waals surface area (Å²) in [5.74, 6) is 0. The van der Waals surface area contributed by atoms with Gasteiger partial charge in [0.2, 0.25) is 0 Å². The summed E-state index contributed by atoms with van der Waals surface area (Å²) >= 11 is 0. The van der Waals surface area contributed by atoms with E-state index in [4.69, 9.17) is 0 Å². The summed E-state index contributed by atoms with van der Waals surface area (Å²) in [6, 6.07) is 26.9. The van der Waals surface area contributed by atoms with Gasteiger partial charge in [0.05, 0.1) is 20.5 Å². The maximum absolute atomic E-state index is 11.5. The van der Waals surface area contributed by atoms with E-state index in [1.807, 2.05) is 44.4 Å². The highest BCUT2D eigenvalue weighted by Crippen LogP contribution is 2.44. The lowest BCUT2D eigenvalue weighted by Crippen LogP contribution is -2.79. The van der Waals surface area contributed by atoms with Gasteiger partial charge in [-0.15, -0.1) is 16.4 Å². The first-order chi connectivity index (χ1) is 18.6. The van der Waals surface area contributed by atoms with Gasteiger partial charge in [0.25, 0.3) is 23.3 Å². The Morgan fingerprint density at radius 1 is 0.590 bits per heavy atom. The van der Waals surface area contributed by atoms with Gasteiger partial charge in [0, 0.05) is 56.1 Å². The first-order valence-electron chi connectivity index (χ1n) is 12.1. The maximum Gasteiger partial charge on any atom is 0.295 e. The van der Waals surface area contributed by atoms with Gasteiger partial charge in [0.15, 0.2) is 0 Å². The first-order valence-corrected chi connectivity index (χ1v) is 12.1. The molecule has 10 nitrogen and oxygen atoms in total. The van der Waals surface area contributed by atoms with Gasteiger partial charge in [-0.2, -0.15) is 0 Å². The topological polar surface area (TPSA) is 129 Å². The quantitative estimate of drug-likeness (QED) is 0.203. The van der Waals surface area contributed by atoms with Crippen LogP contribution in [0.4, 0.5) is 22.7 Å². The second-order valence-electron chi connectivity index (χ2n) is 10.0. The summed E-state index contributed by atoms with van der Waals surface area (Å²) in [4.78, 5) is 33.0. The lowest BCUT2D eigenvalue weighted by molar-refractivity contribution is -0.385. The van der Waals surface area contributed by atoms with Crippen molar-refractivity contribution in [3.05, 3.63) is 139 Å². The molecule has 1 aliphatic heterocycles. The minimum absolute atomic E-state index is 0.0481. The van der Waals surface area contributed by atoms with E-state index in [1.54, 1.807) is 36.4 Å². The molecule has 0 N–H and O–H groups in total. The molecule has 4 aromatic rings. The van der Waals surface area contributed by atoms with Crippen molar-refractivity contribution in [3.63, 3.8) is 0 Å². The fourth-order valence-corrected chi connectivity index (χ4v) is 6.13. The Hall–Kier alpha value is -5.16. The number of nitro benzene ring substituents is 3. The molecule has 0 aliphatic carbocycles. The highest BCUT2D eigenvalue weighted by molar-refractivity contribution is 7.16. The zero-order valence-corrected chi connectivity index (χ0v) is 21.1. The van der Waals surface area contributed by atoms with Crippen molar-refractivity contribution in [1.82, 2.24) is 4.39 Å². The SMILES string of the molecule is C[N+]1(C)c2ccccc2C=C(c2ccc([N+](=O)[O-])cc2)[B-]1(c1ccc([N+](=O)[O-])cc1)c1ccc([N+](=O)[O-])cc1. The van der Waals surface area contributed by atoms with Crippen LogP contribution in [0.15, 0.2) is 97.1 Å². The number of non-ortho nitro benzene ring substituents is 3. The maximum atomic E-state index is 11.5. The molecule has 0 fully saturated rings. The predicted molar refractivity (Wildman–Crippen MR) is 152 cm³/mol. The lowest BCUT2D eigenvalue weighted by Gasteiger charge is -2.60. The third-order valence-electron chi connectivity index (χ3n) is 7.87. The Labute approximate surface area is 223 Å². The monoisotopic (exact) mass is 522 g/mol. The third-order valence-corrected chi connectivity index (χ3v) is 7.87. The third kappa shape index (κ3) is 3.96. The van der Waals surface area contributed by atoms with Crippen LogP contribution < -0.4 is 15.3 Å². The van der Waals surface area contributed by atoms with Gasteiger partial charge in [-0.05, 0) is 12.1 Å². The highest BCUT2D eigenvalue weighted by Gasteiger charge is 2.51. The second kappa shape index (κ2) is 9.30. The Balaban J connectivity index is 1.90. The van der Waals surface area contributed by atoms with E-state index in [2.05, 4.69) is 0 Å². The summed E-state index contributed by atoms with van der Waals surface area (Å²) in [6.07, 6.45) is 0.00149. The van der Waals surface area contributed by atoms with Crippen LogP contribution in [-0.4, -0.2) is 35.1 Å². The van der Waals surface area contributed by atoms with Gasteiger partial charge in [-0.3, -0.25) is 30.3 Å². The van der Waals surface area contributed by atoms with Gasteiger partial charge in [-0.1, -0.05) is 60.2 Å². The highest BCUT2D eigenvalue weighted by atomic mass is 16.6. The van der Waals surface area contributed by atoms with Crippen LogP contribution in [0.1, 0.15) is 11.1 Å². The average molecular weight is 522 g/mol. The number of para-hydroxylation sites is 1. The average Bonchev–Trinajstić information content (AvgIpc) is 2.93. The molecule has 11 heteroatoms. The van der Waals surface area contributed by atoms with Crippen LogP contribution in [0.25, 0.3) is 11.5 Å². The molecule has 0 saturated carbocycles. The smallest absolute Gasteiger partial charge is 0.295 e. The molecule has 0 spiro atoms. The van der Waals surface area contributed by atoms with Crippen molar-refractivity contribution in [2.24, 2.45) is 0 Å². The number of nitro groups is 3. The van der Waals surface area contributed by atoms with E-state index < -0.39 is 21.1 Å². The molecule has 4 aromatic carbocycles. The van der Waals surface area contributed by atoms with E-state index in [1.165, 1.54) is 36.4 Å². The Morgan fingerprint density at radius 2 is 1.00 bits per heavy atom. The van der Waals surface area contributed by atoms with Crippen LogP contribution in [0.5, 0.6) is 0 Å². The molecular formula is C28H23BN4O6. The molecule has 5 rings (SSSR count). The fourth-order valence-electron chi connectivity index (χ4n) is 6.13. The number of nitrogens with zero attached hydrogens (tertiary/aromatic N) is 4. The van der Waals surface area contributed by atoms with Crippen LogP contribution in [0.2, 0.25) is 0 Å². The van der Waals surface area contributed by atoms with Crippen molar-refractivity contribution < 1.29 is 14.8 Å². The molecule has 1 aliphatic rings. The number of fused-ring (bicyclic) bond motifs is 1. The number of rotatable bonds is 6.